The van der Waals surface area contributed by atoms with Gasteiger partial charge in [0.25, 0.3) is 0 Å². The number of carbonyl (C=O) groups is 1. The Kier molecular flexibility index (Phi) is 5.15. The molecule has 1 N–H and O–H groups in total. The van der Waals surface area contributed by atoms with Crippen LogP contribution in [0.15, 0.2) is 0 Å². The summed E-state index contributed by atoms with van der Waals surface area (Å²) in [6.07, 6.45) is 3.93. The molecule has 0 saturated carbocycles. The molecule has 2 heterocycles. The van der Waals surface area contributed by atoms with Crippen molar-refractivity contribution in [2.24, 2.45) is 5.92 Å². The van der Waals surface area contributed by atoms with Crippen LogP contribution >= 0.6 is 0 Å². The molecule has 5 nitrogen and oxygen atoms in total. The van der Waals surface area contributed by atoms with E-state index in [1.807, 2.05) is 20.8 Å². The second-order valence-electron chi connectivity index (χ2n) is 7.45. The van der Waals surface area contributed by atoms with E-state index >= 15 is 0 Å². The van der Waals surface area contributed by atoms with Crippen LogP contribution in [0.1, 0.15) is 52.9 Å². The van der Waals surface area contributed by atoms with Crippen molar-refractivity contribution in [3.63, 3.8) is 0 Å². The van der Waals surface area contributed by atoms with Gasteiger partial charge in [-0.1, -0.05) is 0 Å². The number of hydrogen-bond donors (Lipinski definition) is 1. The van der Waals surface area contributed by atoms with E-state index in [1.54, 1.807) is 4.90 Å². The van der Waals surface area contributed by atoms with Crippen molar-refractivity contribution in [1.29, 1.82) is 0 Å². The van der Waals surface area contributed by atoms with Gasteiger partial charge in [-0.05, 0) is 58.8 Å². The Morgan fingerprint density at radius 2 is 1.86 bits per heavy atom. The van der Waals surface area contributed by atoms with Crippen LogP contribution in [0.25, 0.3) is 0 Å². The molecule has 0 atom stereocenters. The quantitative estimate of drug-likeness (QED) is 0.851. The van der Waals surface area contributed by atoms with Crippen LogP contribution in [0.5, 0.6) is 0 Å². The number of likely N-dealkylation sites (tertiary alicyclic amines) is 1. The van der Waals surface area contributed by atoms with Crippen LogP contribution in [-0.4, -0.2) is 53.6 Å². The summed E-state index contributed by atoms with van der Waals surface area (Å²) in [6.45, 7) is 8.39. The second kappa shape index (κ2) is 6.53. The summed E-state index contributed by atoms with van der Waals surface area (Å²) in [4.78, 5) is 13.7. The molecule has 2 saturated heterocycles. The van der Waals surface area contributed by atoms with Crippen molar-refractivity contribution < 1.29 is 19.4 Å². The fourth-order valence-corrected chi connectivity index (χ4v) is 3.12. The van der Waals surface area contributed by atoms with Crippen LogP contribution in [0.4, 0.5) is 4.79 Å². The van der Waals surface area contributed by atoms with Gasteiger partial charge in [0.15, 0.2) is 0 Å². The summed E-state index contributed by atoms with van der Waals surface area (Å²) < 4.78 is 10.7. The monoisotopic (exact) mass is 299 g/mol. The van der Waals surface area contributed by atoms with E-state index in [-0.39, 0.29) is 6.09 Å². The van der Waals surface area contributed by atoms with Crippen LogP contribution < -0.4 is 0 Å². The summed E-state index contributed by atoms with van der Waals surface area (Å²) in [5.41, 5.74) is -1.09. The van der Waals surface area contributed by atoms with Crippen molar-refractivity contribution in [2.75, 3.05) is 26.3 Å². The molecule has 0 aromatic rings. The average Bonchev–Trinajstić information content (AvgIpc) is 2.38. The highest BCUT2D eigenvalue weighted by molar-refractivity contribution is 5.68. The highest BCUT2D eigenvalue weighted by atomic mass is 16.6. The highest BCUT2D eigenvalue weighted by Gasteiger charge is 2.37. The molecule has 122 valence electrons. The largest absolute Gasteiger partial charge is 0.444 e. The Hall–Kier alpha value is -0.810. The van der Waals surface area contributed by atoms with E-state index in [4.69, 9.17) is 9.47 Å². The molecule has 0 aromatic heterocycles. The lowest BCUT2D eigenvalue weighted by Crippen LogP contribution is -2.49. The summed E-state index contributed by atoms with van der Waals surface area (Å²) in [7, 11) is 0. The molecular weight excluding hydrogens is 270 g/mol. The van der Waals surface area contributed by atoms with E-state index in [2.05, 4.69) is 0 Å². The molecule has 2 aliphatic rings. The Morgan fingerprint density at radius 1 is 1.29 bits per heavy atom. The molecule has 0 radical (unpaired) electrons. The molecule has 0 bridgehead atoms. The third-order valence-electron chi connectivity index (χ3n) is 4.36. The van der Waals surface area contributed by atoms with E-state index in [0.717, 1.165) is 32.5 Å². The lowest BCUT2D eigenvalue weighted by Gasteiger charge is -2.40. The lowest BCUT2D eigenvalue weighted by atomic mass is 9.80. The van der Waals surface area contributed by atoms with Gasteiger partial charge < -0.3 is 19.5 Å². The van der Waals surface area contributed by atoms with Crippen molar-refractivity contribution in [1.82, 2.24) is 4.90 Å². The van der Waals surface area contributed by atoms with Gasteiger partial charge in [-0.2, -0.15) is 0 Å². The Morgan fingerprint density at radius 3 is 2.38 bits per heavy atom. The van der Waals surface area contributed by atoms with E-state index in [1.165, 1.54) is 0 Å². The van der Waals surface area contributed by atoms with Gasteiger partial charge in [0.05, 0.1) is 5.60 Å². The summed E-state index contributed by atoms with van der Waals surface area (Å²) in [5.74, 6) is 0.553. The molecule has 5 heteroatoms. The fraction of sp³-hybridized carbons (Fsp3) is 0.938. The van der Waals surface area contributed by atoms with Crippen LogP contribution in [0.2, 0.25) is 0 Å². The topological polar surface area (TPSA) is 59.0 Å². The molecule has 2 rings (SSSR count). The van der Waals surface area contributed by atoms with Gasteiger partial charge >= 0.3 is 6.09 Å². The molecule has 0 unspecified atom stereocenters. The maximum Gasteiger partial charge on any atom is 0.410 e. The molecule has 0 spiro atoms. The van der Waals surface area contributed by atoms with E-state index < -0.39 is 11.2 Å². The maximum absolute atomic E-state index is 12.0. The second-order valence-corrected chi connectivity index (χ2v) is 7.45. The first-order chi connectivity index (χ1) is 9.77. The first kappa shape index (κ1) is 16.6. The molecule has 0 aromatic carbocycles. The molecule has 0 aliphatic carbocycles. The van der Waals surface area contributed by atoms with Crippen LogP contribution in [-0.2, 0) is 9.47 Å². The average molecular weight is 299 g/mol. The number of rotatable bonds is 2. The lowest BCUT2D eigenvalue weighted by molar-refractivity contribution is -0.0555. The third-order valence-corrected chi connectivity index (χ3v) is 4.36. The Balaban J connectivity index is 1.80. The number of ether oxygens (including phenoxy) is 2. The minimum atomic E-state index is -0.624. The van der Waals surface area contributed by atoms with Gasteiger partial charge in [0, 0.05) is 26.3 Å². The number of nitrogens with zero attached hydrogens (tertiary/aromatic N) is 1. The van der Waals surface area contributed by atoms with Crippen LogP contribution in [0, 0.1) is 5.92 Å². The van der Waals surface area contributed by atoms with Crippen molar-refractivity contribution in [3.8, 4) is 0 Å². The SMILES string of the molecule is CC(C)(C)OC(=O)N1CCC(O)(CC2CCOCC2)CC1. The van der Waals surface area contributed by atoms with Gasteiger partial charge in [-0.15, -0.1) is 0 Å². The third kappa shape index (κ3) is 5.15. The Bertz CT molecular complexity index is 350. The fourth-order valence-electron chi connectivity index (χ4n) is 3.12. The zero-order valence-corrected chi connectivity index (χ0v) is 13.6. The van der Waals surface area contributed by atoms with Gasteiger partial charge in [-0.3, -0.25) is 0 Å². The predicted molar refractivity (Wildman–Crippen MR) is 80.2 cm³/mol. The van der Waals surface area contributed by atoms with Gasteiger partial charge in [-0.25, -0.2) is 4.79 Å². The maximum atomic E-state index is 12.0. The smallest absolute Gasteiger partial charge is 0.410 e. The van der Waals surface area contributed by atoms with Crippen LogP contribution in [0.3, 0.4) is 0 Å². The molecule has 21 heavy (non-hydrogen) atoms. The zero-order chi connectivity index (χ0) is 15.5. The summed E-state index contributed by atoms with van der Waals surface area (Å²) in [6, 6.07) is 0. The predicted octanol–water partition coefficient (Wildman–Crippen LogP) is 2.57. The normalized spacial score (nSPS) is 23.9. The van der Waals surface area contributed by atoms with Gasteiger partial charge in [0.1, 0.15) is 5.60 Å². The van der Waals surface area contributed by atoms with E-state index in [9.17, 15) is 9.90 Å². The molecule has 1 amide bonds. The zero-order valence-electron chi connectivity index (χ0n) is 13.6. The number of amides is 1. The number of piperidine rings is 1. The molecule has 2 fully saturated rings. The molecule has 2 aliphatic heterocycles. The van der Waals surface area contributed by atoms with Crippen molar-refractivity contribution >= 4 is 6.09 Å². The minimum Gasteiger partial charge on any atom is -0.444 e. The first-order valence-corrected chi connectivity index (χ1v) is 8.05. The van der Waals surface area contributed by atoms with Gasteiger partial charge in [0.2, 0.25) is 0 Å². The van der Waals surface area contributed by atoms with Crippen molar-refractivity contribution in [3.05, 3.63) is 0 Å². The highest BCUT2D eigenvalue weighted by Crippen LogP contribution is 2.33. The minimum absolute atomic E-state index is 0.268. The van der Waals surface area contributed by atoms with E-state index in [0.29, 0.717) is 31.8 Å². The summed E-state index contributed by atoms with van der Waals surface area (Å²) in [5, 5.41) is 10.7. The standard InChI is InChI=1S/C16H29NO4/c1-15(2,3)21-14(18)17-8-6-16(19,7-9-17)12-13-4-10-20-11-5-13/h13,19H,4-12H2,1-3H3. The first-order valence-electron chi connectivity index (χ1n) is 8.05. The Labute approximate surface area is 127 Å². The molecular formula is C16H29NO4. The number of carbonyl (C=O) groups excluding carboxylic acids is 1. The van der Waals surface area contributed by atoms with Crippen molar-refractivity contribution in [2.45, 2.75) is 64.1 Å². The number of aliphatic hydroxyl groups is 1. The number of hydrogen-bond acceptors (Lipinski definition) is 4. The summed E-state index contributed by atoms with van der Waals surface area (Å²) >= 11 is 0.